The van der Waals surface area contributed by atoms with Crippen molar-refractivity contribution in [2.24, 2.45) is 0 Å². The Hall–Kier alpha value is -1.94. The molecule has 98 valence electrons. The summed E-state index contributed by atoms with van der Waals surface area (Å²) in [5.41, 5.74) is 1.36. The Balaban J connectivity index is 1.74. The average Bonchev–Trinajstić information content (AvgIpc) is 2.88. The van der Waals surface area contributed by atoms with E-state index in [1.165, 1.54) is 6.07 Å². The molecule has 0 aromatic heterocycles. The molecule has 0 aliphatic carbocycles. The smallest absolute Gasteiger partial charge is 0.231 e. The summed E-state index contributed by atoms with van der Waals surface area (Å²) < 4.78 is 24.2. The van der Waals surface area contributed by atoms with Crippen molar-refractivity contribution in [1.82, 2.24) is 0 Å². The number of hydrogen-bond acceptors (Lipinski definition) is 3. The lowest BCUT2D eigenvalue weighted by molar-refractivity contribution is 0.174. The lowest BCUT2D eigenvalue weighted by atomic mass is 10.2. The maximum Gasteiger partial charge on any atom is 0.231 e. The first-order chi connectivity index (χ1) is 9.24. The molecule has 0 atom stereocenters. The van der Waals surface area contributed by atoms with Gasteiger partial charge in [0.15, 0.2) is 17.3 Å². The van der Waals surface area contributed by atoms with Gasteiger partial charge in [-0.2, -0.15) is 0 Å². The maximum absolute atomic E-state index is 13.7. The third-order valence-electron chi connectivity index (χ3n) is 2.87. The van der Waals surface area contributed by atoms with Crippen LogP contribution in [0.5, 0.6) is 11.5 Å². The third kappa shape index (κ3) is 2.44. The molecular formula is C14H11ClFNO2. The molecule has 0 bridgehead atoms. The van der Waals surface area contributed by atoms with Crippen molar-refractivity contribution >= 4 is 17.3 Å². The SMILES string of the molecule is Fc1c(Cl)cccc1NCc1ccc2c(c1)OCO2. The molecule has 0 unspecified atom stereocenters. The molecule has 0 saturated carbocycles. The van der Waals surface area contributed by atoms with E-state index in [-0.39, 0.29) is 11.8 Å². The minimum absolute atomic E-state index is 0.107. The largest absolute Gasteiger partial charge is 0.454 e. The molecule has 0 spiro atoms. The van der Waals surface area contributed by atoms with Crippen molar-refractivity contribution in [3.8, 4) is 11.5 Å². The average molecular weight is 280 g/mol. The second-order valence-corrected chi connectivity index (χ2v) is 4.55. The lowest BCUT2D eigenvalue weighted by Gasteiger charge is -2.09. The number of benzene rings is 2. The quantitative estimate of drug-likeness (QED) is 0.926. The zero-order chi connectivity index (χ0) is 13.2. The number of anilines is 1. The fourth-order valence-corrected chi connectivity index (χ4v) is 2.06. The van der Waals surface area contributed by atoms with Crippen LogP contribution in [0, 0.1) is 5.82 Å². The summed E-state index contributed by atoms with van der Waals surface area (Å²) in [5, 5.41) is 3.11. The van der Waals surface area contributed by atoms with Crippen LogP contribution in [0.3, 0.4) is 0 Å². The van der Waals surface area contributed by atoms with Crippen molar-refractivity contribution in [3.05, 3.63) is 52.8 Å². The van der Waals surface area contributed by atoms with Gasteiger partial charge in [-0.15, -0.1) is 0 Å². The van der Waals surface area contributed by atoms with Gasteiger partial charge in [0, 0.05) is 6.54 Å². The van der Waals surface area contributed by atoms with Crippen LogP contribution in [0.2, 0.25) is 5.02 Å². The summed E-state index contributed by atoms with van der Waals surface area (Å²) in [6, 6.07) is 10.5. The van der Waals surface area contributed by atoms with Crippen molar-refractivity contribution < 1.29 is 13.9 Å². The van der Waals surface area contributed by atoms with Gasteiger partial charge in [0.2, 0.25) is 6.79 Å². The molecule has 0 amide bonds. The van der Waals surface area contributed by atoms with E-state index in [1.807, 2.05) is 18.2 Å². The standard InChI is InChI=1S/C14H11ClFNO2/c15-10-2-1-3-11(14(10)16)17-7-9-4-5-12-13(6-9)19-8-18-12/h1-6,17H,7-8H2. The molecule has 0 saturated heterocycles. The van der Waals surface area contributed by atoms with Gasteiger partial charge < -0.3 is 14.8 Å². The van der Waals surface area contributed by atoms with Crippen LogP contribution < -0.4 is 14.8 Å². The fourth-order valence-electron chi connectivity index (χ4n) is 1.89. The Bertz CT molecular complexity index is 618. The molecule has 1 heterocycles. The summed E-state index contributed by atoms with van der Waals surface area (Å²) in [7, 11) is 0. The topological polar surface area (TPSA) is 30.5 Å². The van der Waals surface area contributed by atoms with Crippen molar-refractivity contribution in [3.63, 3.8) is 0 Å². The van der Waals surface area contributed by atoms with Gasteiger partial charge in [-0.25, -0.2) is 4.39 Å². The predicted octanol–water partition coefficient (Wildman–Crippen LogP) is 3.82. The number of fused-ring (bicyclic) bond motifs is 1. The molecule has 1 aliphatic heterocycles. The summed E-state index contributed by atoms with van der Waals surface area (Å²) in [6.45, 7) is 0.725. The number of halogens is 2. The third-order valence-corrected chi connectivity index (χ3v) is 3.16. The molecule has 5 heteroatoms. The van der Waals surface area contributed by atoms with E-state index in [4.69, 9.17) is 21.1 Å². The predicted molar refractivity (Wildman–Crippen MR) is 71.3 cm³/mol. The summed E-state index contributed by atoms with van der Waals surface area (Å²) in [4.78, 5) is 0. The van der Waals surface area contributed by atoms with E-state index in [0.29, 0.717) is 18.0 Å². The molecule has 3 nitrogen and oxygen atoms in total. The van der Waals surface area contributed by atoms with E-state index in [9.17, 15) is 4.39 Å². The Kier molecular flexibility index (Phi) is 3.17. The van der Waals surface area contributed by atoms with Crippen molar-refractivity contribution in [2.45, 2.75) is 6.54 Å². The van der Waals surface area contributed by atoms with E-state index in [1.54, 1.807) is 12.1 Å². The number of nitrogens with one attached hydrogen (secondary N) is 1. The summed E-state index contributed by atoms with van der Waals surface area (Å²) in [5.74, 6) is 1.01. The van der Waals surface area contributed by atoms with Gasteiger partial charge in [0.1, 0.15) is 0 Å². The second-order valence-electron chi connectivity index (χ2n) is 4.14. The second kappa shape index (κ2) is 4.97. The molecule has 1 aliphatic rings. The first-order valence-corrected chi connectivity index (χ1v) is 6.18. The van der Waals surface area contributed by atoms with Crippen LogP contribution in [0.25, 0.3) is 0 Å². The van der Waals surface area contributed by atoms with Crippen LogP contribution >= 0.6 is 11.6 Å². The van der Waals surface area contributed by atoms with Crippen LogP contribution in [0.15, 0.2) is 36.4 Å². The highest BCUT2D eigenvalue weighted by Crippen LogP contribution is 2.32. The van der Waals surface area contributed by atoms with Crippen LogP contribution in [0.4, 0.5) is 10.1 Å². The Morgan fingerprint density at radius 1 is 1.16 bits per heavy atom. The van der Waals surface area contributed by atoms with Gasteiger partial charge in [-0.05, 0) is 29.8 Å². The van der Waals surface area contributed by atoms with E-state index in [2.05, 4.69) is 5.32 Å². The minimum atomic E-state index is -0.440. The van der Waals surface area contributed by atoms with Gasteiger partial charge in [0.25, 0.3) is 0 Å². The van der Waals surface area contributed by atoms with Gasteiger partial charge in [-0.1, -0.05) is 23.7 Å². The lowest BCUT2D eigenvalue weighted by Crippen LogP contribution is -2.01. The molecule has 2 aromatic rings. The van der Waals surface area contributed by atoms with E-state index >= 15 is 0 Å². The highest BCUT2D eigenvalue weighted by molar-refractivity contribution is 6.31. The molecule has 3 rings (SSSR count). The summed E-state index contributed by atoms with van der Waals surface area (Å²) >= 11 is 5.72. The zero-order valence-electron chi connectivity index (χ0n) is 9.95. The molecular weight excluding hydrogens is 269 g/mol. The molecule has 2 aromatic carbocycles. The van der Waals surface area contributed by atoms with Gasteiger partial charge >= 0.3 is 0 Å². The minimum Gasteiger partial charge on any atom is -0.454 e. The number of rotatable bonds is 3. The van der Waals surface area contributed by atoms with Crippen LogP contribution in [0.1, 0.15) is 5.56 Å². The number of hydrogen-bond donors (Lipinski definition) is 1. The Morgan fingerprint density at radius 2 is 2.00 bits per heavy atom. The Morgan fingerprint density at radius 3 is 2.89 bits per heavy atom. The monoisotopic (exact) mass is 279 g/mol. The van der Waals surface area contributed by atoms with Crippen molar-refractivity contribution in [1.29, 1.82) is 0 Å². The molecule has 0 fully saturated rings. The van der Waals surface area contributed by atoms with Gasteiger partial charge in [0.05, 0.1) is 10.7 Å². The van der Waals surface area contributed by atoms with Crippen molar-refractivity contribution in [2.75, 3.05) is 12.1 Å². The highest BCUT2D eigenvalue weighted by atomic mass is 35.5. The highest BCUT2D eigenvalue weighted by Gasteiger charge is 2.13. The summed E-state index contributed by atoms with van der Waals surface area (Å²) in [6.07, 6.45) is 0. The normalized spacial score (nSPS) is 12.5. The zero-order valence-corrected chi connectivity index (χ0v) is 10.7. The molecule has 1 N–H and O–H groups in total. The Labute approximate surface area is 114 Å². The number of ether oxygens (including phenoxy) is 2. The van der Waals surface area contributed by atoms with E-state index < -0.39 is 5.82 Å². The van der Waals surface area contributed by atoms with Crippen LogP contribution in [-0.2, 0) is 6.54 Å². The molecule has 0 radical (unpaired) electrons. The first kappa shape index (κ1) is 12.1. The maximum atomic E-state index is 13.7. The molecule has 19 heavy (non-hydrogen) atoms. The van der Waals surface area contributed by atoms with Crippen LogP contribution in [-0.4, -0.2) is 6.79 Å². The van der Waals surface area contributed by atoms with Gasteiger partial charge in [-0.3, -0.25) is 0 Å². The first-order valence-electron chi connectivity index (χ1n) is 5.80. The fraction of sp³-hybridized carbons (Fsp3) is 0.143. The van der Waals surface area contributed by atoms with E-state index in [0.717, 1.165) is 11.3 Å².